The molecule has 36 heavy (non-hydrogen) atoms. The molecule has 1 unspecified atom stereocenters. The first-order chi connectivity index (χ1) is 17.0. The van der Waals surface area contributed by atoms with Gasteiger partial charge in [0, 0.05) is 12.0 Å². The lowest BCUT2D eigenvalue weighted by Crippen LogP contribution is -2.27. The van der Waals surface area contributed by atoms with E-state index in [9.17, 15) is 26.7 Å². The zero-order valence-corrected chi connectivity index (χ0v) is 20.2. The first-order valence-electron chi connectivity index (χ1n) is 11.4. The molecule has 1 aliphatic rings. The third kappa shape index (κ3) is 5.88. The second-order valence-corrected chi connectivity index (χ2v) is 9.65. The molecule has 0 aliphatic heterocycles. The van der Waals surface area contributed by atoms with E-state index in [4.69, 9.17) is 4.74 Å². The van der Waals surface area contributed by atoms with Crippen molar-refractivity contribution in [2.75, 3.05) is 0 Å². The molecule has 1 saturated carbocycles. The number of alkyl halides is 5. The van der Waals surface area contributed by atoms with E-state index in [1.807, 2.05) is 13.8 Å². The summed E-state index contributed by atoms with van der Waals surface area (Å²) in [5.41, 5.74) is 0.813. The summed E-state index contributed by atoms with van der Waals surface area (Å²) in [6.07, 6.45) is -3.06. The number of ether oxygens (including phenoxy) is 2. The number of aromatic nitrogens is 3. The van der Waals surface area contributed by atoms with Gasteiger partial charge in [0.1, 0.15) is 17.6 Å². The van der Waals surface area contributed by atoms with Crippen molar-refractivity contribution in [1.82, 2.24) is 15.1 Å². The topological polar surface area (TPSA) is 90.2 Å². The molecule has 1 aliphatic carbocycles. The smallest absolute Gasteiger partial charge is 0.439 e. The maximum atomic E-state index is 13.0. The lowest BCUT2D eigenvalue weighted by Gasteiger charge is -2.28. The van der Waals surface area contributed by atoms with E-state index in [1.165, 1.54) is 29.5 Å². The minimum Gasteiger partial charge on any atom is -0.485 e. The monoisotopic (exact) mass is 533 g/mol. The van der Waals surface area contributed by atoms with Gasteiger partial charge < -0.3 is 9.47 Å². The molecule has 1 atom stereocenters. The minimum absolute atomic E-state index is 0.0338. The molecular formula is C23H24F5N3O4S. The number of H-pyrrole nitrogens is 1. The van der Waals surface area contributed by atoms with Crippen molar-refractivity contribution in [1.29, 1.82) is 0 Å². The molecule has 0 spiro atoms. The molecule has 1 N–H and O–H groups in total. The van der Waals surface area contributed by atoms with E-state index in [1.54, 1.807) is 0 Å². The Balaban J connectivity index is 1.53. The first-order valence-corrected chi connectivity index (χ1v) is 12.2. The van der Waals surface area contributed by atoms with Crippen molar-refractivity contribution in [2.45, 2.75) is 70.8 Å². The first kappa shape index (κ1) is 26.1. The van der Waals surface area contributed by atoms with Crippen LogP contribution < -0.4 is 15.2 Å². The quantitative estimate of drug-likeness (QED) is 0.322. The summed E-state index contributed by atoms with van der Waals surface area (Å²) in [4.78, 5) is 19.0. The average molecular weight is 534 g/mol. The van der Waals surface area contributed by atoms with Gasteiger partial charge in [0.2, 0.25) is 0 Å². The fourth-order valence-corrected chi connectivity index (χ4v) is 5.72. The Morgan fingerprint density at radius 1 is 1.19 bits per heavy atom. The Bertz CT molecular complexity index is 1230. The zero-order valence-electron chi connectivity index (χ0n) is 19.4. The zero-order chi connectivity index (χ0) is 26.0. The highest BCUT2D eigenvalue weighted by molar-refractivity contribution is 7.11. The third-order valence-electron chi connectivity index (χ3n) is 6.19. The minimum atomic E-state index is -4.17. The normalized spacial score (nSPS) is 19.4. The number of nitrogens with zero attached hydrogens (tertiary/aromatic N) is 2. The molecule has 13 heteroatoms. The Labute approximate surface area is 206 Å². The molecule has 0 radical (unpaired) electrons. The second kappa shape index (κ2) is 10.6. The third-order valence-corrected chi connectivity index (χ3v) is 7.61. The number of halogens is 5. The number of thiazole rings is 1. The number of benzene rings is 1. The highest BCUT2D eigenvalue weighted by Crippen LogP contribution is 2.45. The number of aryl methyl sites for hydroxylation is 1. The van der Waals surface area contributed by atoms with Crippen LogP contribution in [0.15, 0.2) is 27.5 Å². The summed E-state index contributed by atoms with van der Waals surface area (Å²) in [6.45, 7) is 0.583. The molecule has 1 aromatic carbocycles. The Kier molecular flexibility index (Phi) is 7.67. The Morgan fingerprint density at radius 3 is 2.50 bits per heavy atom. The molecule has 7 nitrogen and oxygen atoms in total. The molecule has 1 fully saturated rings. The van der Waals surface area contributed by atoms with E-state index in [2.05, 4.69) is 24.4 Å². The maximum absolute atomic E-state index is 13.0. The van der Waals surface area contributed by atoms with Crippen LogP contribution in [0.5, 0.6) is 11.5 Å². The highest BCUT2D eigenvalue weighted by atomic mass is 32.1. The second-order valence-electron chi connectivity index (χ2n) is 8.59. The van der Waals surface area contributed by atoms with Crippen LogP contribution in [-0.2, 0) is 0 Å². The van der Waals surface area contributed by atoms with Gasteiger partial charge in [-0.05, 0) is 51.2 Å². The number of hydrogen-bond donors (Lipinski definition) is 1. The van der Waals surface area contributed by atoms with E-state index >= 15 is 0 Å². The van der Waals surface area contributed by atoms with Crippen LogP contribution >= 0.6 is 11.3 Å². The molecule has 2 aromatic heterocycles. The van der Waals surface area contributed by atoms with Gasteiger partial charge in [-0.25, -0.2) is 9.78 Å². The number of rotatable bonds is 8. The van der Waals surface area contributed by atoms with Crippen molar-refractivity contribution < 1.29 is 35.9 Å². The van der Waals surface area contributed by atoms with E-state index in [-0.39, 0.29) is 41.6 Å². The molecular weight excluding hydrogens is 509 g/mol. The maximum Gasteiger partial charge on any atom is 0.439 e. The number of hydrogen-bond acceptors (Lipinski definition) is 7. The van der Waals surface area contributed by atoms with Gasteiger partial charge in [-0.1, -0.05) is 12.1 Å². The molecule has 0 bridgehead atoms. The van der Waals surface area contributed by atoms with Crippen LogP contribution in [0, 0.1) is 12.8 Å². The van der Waals surface area contributed by atoms with Crippen LogP contribution in [0.25, 0.3) is 11.4 Å². The molecule has 196 valence electrons. The van der Waals surface area contributed by atoms with Crippen molar-refractivity contribution >= 4 is 11.3 Å². The molecule has 3 aromatic rings. The van der Waals surface area contributed by atoms with Crippen molar-refractivity contribution in [2.24, 2.45) is 5.92 Å². The summed E-state index contributed by atoms with van der Waals surface area (Å²) >= 11 is 1.41. The predicted octanol–water partition coefficient (Wildman–Crippen LogP) is 6.76. The summed E-state index contributed by atoms with van der Waals surface area (Å²) in [7, 11) is 0. The van der Waals surface area contributed by atoms with Gasteiger partial charge in [0.05, 0.1) is 27.1 Å². The SMILES string of the molecule is CCC(Oc1ccc(-c2noc(=O)[nH]2)c(OC(F)F)c1)c1sc([C@H]2CC[C@H](C(F)(F)F)CC2)nc1C. The van der Waals surface area contributed by atoms with Gasteiger partial charge in [-0.3, -0.25) is 9.51 Å². The summed E-state index contributed by atoms with van der Waals surface area (Å²) < 4.78 is 80.2. The number of nitrogens with one attached hydrogen (secondary N) is 1. The lowest BCUT2D eigenvalue weighted by atomic mass is 9.82. The van der Waals surface area contributed by atoms with Crippen molar-refractivity contribution in [3.63, 3.8) is 0 Å². The molecule has 4 rings (SSSR count). The van der Waals surface area contributed by atoms with Gasteiger partial charge in [0.25, 0.3) is 0 Å². The summed E-state index contributed by atoms with van der Waals surface area (Å²) in [5.74, 6) is -2.23. The summed E-state index contributed by atoms with van der Waals surface area (Å²) in [5, 5.41) is 4.30. The van der Waals surface area contributed by atoms with Crippen LogP contribution in [0.2, 0.25) is 0 Å². The van der Waals surface area contributed by atoms with E-state index in [0.717, 1.165) is 15.6 Å². The van der Waals surface area contributed by atoms with Crippen LogP contribution in [0.1, 0.15) is 66.6 Å². The van der Waals surface area contributed by atoms with Gasteiger partial charge in [-0.2, -0.15) is 22.0 Å². The van der Waals surface area contributed by atoms with Gasteiger partial charge >= 0.3 is 18.5 Å². The van der Waals surface area contributed by atoms with Crippen molar-refractivity contribution in [3.05, 3.63) is 44.3 Å². The Morgan fingerprint density at radius 2 is 1.92 bits per heavy atom. The average Bonchev–Trinajstić information content (AvgIpc) is 3.42. The standard InChI is InChI=1S/C23H24F5N3O4S/c1-3-16(18-11(2)29-20(36-18)12-4-6-13(7-5-12)23(26,27)28)33-14-8-9-15(17(10-14)34-21(24)25)19-30-22(32)35-31-19/h8-10,12-13,16,21H,3-7H2,1-2H3,(H,30,31,32)/t12-,13-,16?. The van der Waals surface area contributed by atoms with E-state index < -0.39 is 30.6 Å². The fraction of sp³-hybridized carbons (Fsp3) is 0.522. The summed E-state index contributed by atoms with van der Waals surface area (Å²) in [6, 6.07) is 4.21. The van der Waals surface area contributed by atoms with E-state index in [0.29, 0.717) is 19.3 Å². The van der Waals surface area contributed by atoms with Crippen LogP contribution in [-0.4, -0.2) is 27.9 Å². The molecule has 0 amide bonds. The van der Waals surface area contributed by atoms with Crippen LogP contribution in [0.3, 0.4) is 0 Å². The largest absolute Gasteiger partial charge is 0.485 e. The molecule has 2 heterocycles. The highest BCUT2D eigenvalue weighted by Gasteiger charge is 2.42. The number of aromatic amines is 1. The van der Waals surface area contributed by atoms with Crippen molar-refractivity contribution in [3.8, 4) is 22.9 Å². The molecule has 0 saturated heterocycles. The predicted molar refractivity (Wildman–Crippen MR) is 120 cm³/mol. The van der Waals surface area contributed by atoms with Gasteiger partial charge in [-0.15, -0.1) is 11.3 Å². The van der Waals surface area contributed by atoms with Crippen LogP contribution in [0.4, 0.5) is 22.0 Å². The fourth-order valence-electron chi connectivity index (χ4n) is 4.37. The lowest BCUT2D eigenvalue weighted by molar-refractivity contribution is -0.182. The Hall–Kier alpha value is -2.96. The van der Waals surface area contributed by atoms with Gasteiger partial charge in [0.15, 0.2) is 5.82 Å².